The molecule has 0 saturated heterocycles. The number of fused-ring (bicyclic) bond motifs is 1. The number of hydrogen-bond acceptors (Lipinski definition) is 8. The van der Waals surface area contributed by atoms with Gasteiger partial charge in [-0.15, -0.1) is 0 Å². The normalized spacial score (nSPS) is 16.2. The molecule has 8 heteroatoms. The van der Waals surface area contributed by atoms with Crippen molar-refractivity contribution in [3.63, 3.8) is 0 Å². The molecule has 0 radical (unpaired) electrons. The van der Waals surface area contributed by atoms with Crippen LogP contribution in [0.1, 0.15) is 46.9 Å². The van der Waals surface area contributed by atoms with Gasteiger partial charge in [0, 0.05) is 0 Å². The molecule has 0 bridgehead atoms. The van der Waals surface area contributed by atoms with E-state index in [-0.39, 0.29) is 26.1 Å². The highest BCUT2D eigenvalue weighted by Crippen LogP contribution is 2.40. The smallest absolute Gasteiger partial charge is 0.429 e. The van der Waals surface area contributed by atoms with E-state index in [9.17, 15) is 19.2 Å². The molecular formula is C28H24O8. The largest absolute Gasteiger partial charge is 0.516 e. The summed E-state index contributed by atoms with van der Waals surface area (Å²) in [6.07, 6.45) is -1.74. The maximum Gasteiger partial charge on any atom is 0.516 e. The lowest BCUT2D eigenvalue weighted by molar-refractivity contribution is -0.145. The summed E-state index contributed by atoms with van der Waals surface area (Å²) < 4.78 is 19.9. The van der Waals surface area contributed by atoms with Crippen LogP contribution in [0.15, 0.2) is 84.9 Å². The van der Waals surface area contributed by atoms with Crippen LogP contribution < -0.4 is 0 Å². The van der Waals surface area contributed by atoms with Crippen molar-refractivity contribution in [1.29, 1.82) is 0 Å². The van der Waals surface area contributed by atoms with Crippen molar-refractivity contribution < 1.29 is 38.1 Å². The average Bonchev–Trinajstić information content (AvgIpc) is 2.91. The van der Waals surface area contributed by atoms with E-state index in [1.54, 1.807) is 72.8 Å². The van der Waals surface area contributed by atoms with Gasteiger partial charge in [0.15, 0.2) is 0 Å². The number of esters is 2. The minimum atomic E-state index is -1.09. The lowest BCUT2D eigenvalue weighted by Crippen LogP contribution is -2.29. The molecule has 1 aliphatic rings. The highest BCUT2D eigenvalue weighted by Gasteiger charge is 2.38. The molecule has 2 unspecified atom stereocenters. The summed E-state index contributed by atoms with van der Waals surface area (Å²) in [7, 11) is 0. The number of carbonyl (C=O) groups excluding carboxylic acids is 4. The highest BCUT2D eigenvalue weighted by molar-refractivity contribution is 5.91. The van der Waals surface area contributed by atoms with Crippen molar-refractivity contribution in [2.75, 3.05) is 0 Å². The molecule has 2 atom stereocenters. The Kier molecular flexibility index (Phi) is 8.08. The van der Waals surface area contributed by atoms with E-state index in [2.05, 4.69) is 0 Å². The molecule has 4 rings (SSSR count). The van der Waals surface area contributed by atoms with Gasteiger partial charge in [0.25, 0.3) is 0 Å². The molecule has 36 heavy (non-hydrogen) atoms. The third-order valence-electron chi connectivity index (χ3n) is 5.83. The molecule has 0 saturated carbocycles. The van der Waals surface area contributed by atoms with Crippen LogP contribution in [0.25, 0.3) is 0 Å². The van der Waals surface area contributed by atoms with Crippen LogP contribution in [0.4, 0.5) is 9.59 Å². The van der Waals surface area contributed by atoms with Gasteiger partial charge in [-0.05, 0) is 35.1 Å². The standard InChI is InChI=1S/C28H24O8/c29-25(35-27(31)33-17-19-9-3-1-4-10-19)23-15-16-24(22-14-8-7-13-21(22)23)26(30)36-28(32)34-18-20-11-5-2-6-12-20/h1-14,23-24H,15-18H2. The zero-order chi connectivity index (χ0) is 25.3. The van der Waals surface area contributed by atoms with Crippen molar-refractivity contribution in [3.05, 3.63) is 107 Å². The van der Waals surface area contributed by atoms with Crippen LogP contribution in [-0.2, 0) is 41.8 Å². The van der Waals surface area contributed by atoms with Crippen LogP contribution in [0.2, 0.25) is 0 Å². The maximum absolute atomic E-state index is 12.7. The molecule has 0 N–H and O–H groups in total. The van der Waals surface area contributed by atoms with Gasteiger partial charge < -0.3 is 18.9 Å². The van der Waals surface area contributed by atoms with E-state index in [1.165, 1.54) is 0 Å². The fourth-order valence-corrected chi connectivity index (χ4v) is 4.08. The molecule has 0 heterocycles. The van der Waals surface area contributed by atoms with Crippen molar-refractivity contribution in [2.24, 2.45) is 0 Å². The second-order valence-corrected chi connectivity index (χ2v) is 8.20. The first-order valence-corrected chi connectivity index (χ1v) is 11.4. The zero-order valence-electron chi connectivity index (χ0n) is 19.3. The van der Waals surface area contributed by atoms with Crippen molar-refractivity contribution in [3.8, 4) is 0 Å². The minimum absolute atomic E-state index is 0.0253. The molecule has 0 aromatic heterocycles. The average molecular weight is 488 g/mol. The molecule has 8 nitrogen and oxygen atoms in total. The van der Waals surface area contributed by atoms with Gasteiger partial charge in [-0.3, -0.25) is 9.59 Å². The van der Waals surface area contributed by atoms with Gasteiger partial charge in [-0.1, -0.05) is 84.9 Å². The van der Waals surface area contributed by atoms with E-state index < -0.39 is 36.1 Å². The van der Waals surface area contributed by atoms with Crippen LogP contribution in [0.3, 0.4) is 0 Å². The highest BCUT2D eigenvalue weighted by atomic mass is 16.7. The van der Waals surface area contributed by atoms with Crippen LogP contribution in [0, 0.1) is 0 Å². The first-order valence-electron chi connectivity index (χ1n) is 11.4. The fourth-order valence-electron chi connectivity index (χ4n) is 4.08. The SMILES string of the molecule is O=C(OCc1ccccc1)OC(=O)C1CCC(C(=O)OC(=O)OCc2ccccc2)c2ccccc21. The topological polar surface area (TPSA) is 105 Å². The van der Waals surface area contributed by atoms with E-state index in [4.69, 9.17) is 18.9 Å². The van der Waals surface area contributed by atoms with Gasteiger partial charge in [-0.25, -0.2) is 9.59 Å². The molecule has 0 aliphatic heterocycles. The van der Waals surface area contributed by atoms with Crippen LogP contribution >= 0.6 is 0 Å². The predicted octanol–water partition coefficient (Wildman–Crippen LogP) is 5.41. The third kappa shape index (κ3) is 6.35. The molecule has 0 fully saturated rings. The summed E-state index contributed by atoms with van der Waals surface area (Å²) in [5.74, 6) is -3.07. The molecular weight excluding hydrogens is 464 g/mol. The summed E-state index contributed by atoms with van der Waals surface area (Å²) in [6.45, 7) is -0.0506. The molecule has 1 aliphatic carbocycles. The number of hydrogen-bond donors (Lipinski definition) is 0. The van der Waals surface area contributed by atoms with Gasteiger partial charge >= 0.3 is 24.2 Å². The molecule has 3 aromatic carbocycles. The number of benzene rings is 3. The van der Waals surface area contributed by atoms with Crippen LogP contribution in [-0.4, -0.2) is 24.2 Å². The summed E-state index contributed by atoms with van der Waals surface area (Å²) in [5, 5.41) is 0. The zero-order valence-corrected chi connectivity index (χ0v) is 19.3. The van der Waals surface area contributed by atoms with E-state index >= 15 is 0 Å². The predicted molar refractivity (Wildman–Crippen MR) is 127 cm³/mol. The van der Waals surface area contributed by atoms with Gasteiger partial charge in [0.2, 0.25) is 0 Å². The summed E-state index contributed by atoms with van der Waals surface area (Å²) in [6, 6.07) is 24.8. The Balaban J connectivity index is 1.35. The third-order valence-corrected chi connectivity index (χ3v) is 5.83. The minimum Gasteiger partial charge on any atom is -0.429 e. The van der Waals surface area contributed by atoms with Gasteiger partial charge in [0.1, 0.15) is 13.2 Å². The Morgan fingerprint density at radius 3 is 1.31 bits per heavy atom. The second kappa shape index (κ2) is 11.8. The summed E-state index contributed by atoms with van der Waals surface area (Å²) in [4.78, 5) is 49.6. The van der Waals surface area contributed by atoms with Gasteiger partial charge in [-0.2, -0.15) is 0 Å². The van der Waals surface area contributed by atoms with E-state index in [1.807, 2.05) is 12.1 Å². The number of rotatable bonds is 6. The Labute approximate surface area is 207 Å². The van der Waals surface area contributed by atoms with Crippen molar-refractivity contribution in [1.82, 2.24) is 0 Å². The number of ether oxygens (including phenoxy) is 4. The van der Waals surface area contributed by atoms with Crippen molar-refractivity contribution >= 4 is 24.2 Å². The number of carbonyl (C=O) groups is 4. The molecule has 0 spiro atoms. The first-order chi connectivity index (χ1) is 17.5. The van der Waals surface area contributed by atoms with Crippen LogP contribution in [0.5, 0.6) is 0 Å². The summed E-state index contributed by atoms with van der Waals surface area (Å²) >= 11 is 0. The monoisotopic (exact) mass is 488 g/mol. The Bertz CT molecular complexity index is 1130. The molecule has 3 aromatic rings. The second-order valence-electron chi connectivity index (χ2n) is 8.20. The Morgan fingerprint density at radius 2 is 0.917 bits per heavy atom. The fraction of sp³-hybridized carbons (Fsp3) is 0.214. The molecule has 0 amide bonds. The Hall–Kier alpha value is -4.46. The first kappa shape index (κ1) is 24.7. The van der Waals surface area contributed by atoms with E-state index in [0.29, 0.717) is 11.1 Å². The van der Waals surface area contributed by atoms with Crippen molar-refractivity contribution in [2.45, 2.75) is 37.9 Å². The Morgan fingerprint density at radius 1 is 0.556 bits per heavy atom. The maximum atomic E-state index is 12.7. The summed E-state index contributed by atoms with van der Waals surface area (Å²) in [5.41, 5.74) is 2.58. The lowest BCUT2D eigenvalue weighted by Gasteiger charge is -2.28. The van der Waals surface area contributed by atoms with E-state index in [0.717, 1.165) is 11.1 Å². The molecule has 184 valence electrons. The van der Waals surface area contributed by atoms with Gasteiger partial charge in [0.05, 0.1) is 11.8 Å². The quantitative estimate of drug-likeness (QED) is 0.335. The lowest BCUT2D eigenvalue weighted by atomic mass is 9.76.